The number of halogens is 2. The predicted molar refractivity (Wildman–Crippen MR) is 84.9 cm³/mol. The van der Waals surface area contributed by atoms with Gasteiger partial charge in [0.2, 0.25) is 0 Å². The van der Waals surface area contributed by atoms with Crippen molar-refractivity contribution in [1.82, 2.24) is 19.3 Å². The summed E-state index contributed by atoms with van der Waals surface area (Å²) in [5.74, 6) is 1.15. The van der Waals surface area contributed by atoms with Gasteiger partial charge in [-0.1, -0.05) is 11.6 Å². The van der Waals surface area contributed by atoms with E-state index in [4.69, 9.17) is 11.6 Å². The molecule has 1 fully saturated rings. The monoisotopic (exact) mass is 370 g/mol. The minimum atomic E-state index is -0.106. The molecule has 0 saturated heterocycles. The number of rotatable bonds is 4. The summed E-state index contributed by atoms with van der Waals surface area (Å²) < 4.78 is 4.58. The number of hydrogen-bond donors (Lipinski definition) is 0. The molecule has 0 unspecified atom stereocenters. The first kappa shape index (κ1) is 14.8. The van der Waals surface area contributed by atoms with Gasteiger partial charge >= 0.3 is 0 Å². The smallest absolute Gasteiger partial charge is 0.255 e. The Morgan fingerprint density at radius 2 is 2.19 bits per heavy atom. The molecule has 21 heavy (non-hydrogen) atoms. The molecular weight excluding hydrogens is 356 g/mol. The molecule has 0 spiro atoms. The molecule has 112 valence electrons. The third kappa shape index (κ3) is 2.79. The second-order valence-electron chi connectivity index (χ2n) is 5.30. The van der Waals surface area contributed by atoms with Crippen LogP contribution < -0.4 is 5.56 Å². The Labute approximate surface area is 136 Å². The van der Waals surface area contributed by atoms with E-state index in [1.807, 2.05) is 18.5 Å². The summed E-state index contributed by atoms with van der Waals surface area (Å²) in [5, 5.41) is 4.75. The van der Waals surface area contributed by atoms with Crippen LogP contribution in [-0.2, 0) is 13.1 Å². The summed E-state index contributed by atoms with van der Waals surface area (Å²) in [4.78, 5) is 16.7. The molecule has 0 N–H and O–H groups in total. The largest absolute Gasteiger partial charge is 0.290 e. The van der Waals surface area contributed by atoms with Crippen LogP contribution in [0.5, 0.6) is 0 Å². The van der Waals surface area contributed by atoms with Gasteiger partial charge in [0, 0.05) is 18.5 Å². The fourth-order valence-electron chi connectivity index (χ4n) is 2.48. The van der Waals surface area contributed by atoms with Crippen molar-refractivity contribution < 1.29 is 0 Å². The lowest BCUT2D eigenvalue weighted by Crippen LogP contribution is -2.26. The van der Waals surface area contributed by atoms with Crippen molar-refractivity contribution in [2.24, 2.45) is 0 Å². The fraction of sp³-hybridized carbons (Fsp3) is 0.500. The van der Waals surface area contributed by atoms with Gasteiger partial charge in [0.25, 0.3) is 5.56 Å². The predicted octanol–water partition coefficient (Wildman–Crippen LogP) is 3.11. The van der Waals surface area contributed by atoms with Gasteiger partial charge in [-0.2, -0.15) is 5.10 Å². The first-order valence-corrected chi connectivity index (χ1v) is 8.17. The van der Waals surface area contributed by atoms with Crippen molar-refractivity contribution in [1.29, 1.82) is 0 Å². The Kier molecular flexibility index (Phi) is 3.92. The van der Waals surface area contributed by atoms with E-state index in [2.05, 4.69) is 26.0 Å². The molecule has 0 bridgehead atoms. The highest BCUT2D eigenvalue weighted by Crippen LogP contribution is 2.39. The minimum Gasteiger partial charge on any atom is -0.290 e. The van der Waals surface area contributed by atoms with E-state index < -0.39 is 0 Å². The summed E-state index contributed by atoms with van der Waals surface area (Å²) in [6.45, 7) is 5.21. The maximum absolute atomic E-state index is 12.3. The van der Waals surface area contributed by atoms with Crippen molar-refractivity contribution in [3.63, 3.8) is 0 Å². The average Bonchev–Trinajstić information content (AvgIpc) is 3.23. The molecule has 1 saturated carbocycles. The van der Waals surface area contributed by atoms with E-state index >= 15 is 0 Å². The zero-order chi connectivity index (χ0) is 15.1. The van der Waals surface area contributed by atoms with E-state index in [-0.39, 0.29) is 10.7 Å². The second kappa shape index (κ2) is 5.57. The van der Waals surface area contributed by atoms with Crippen molar-refractivity contribution in [3.8, 4) is 0 Å². The van der Waals surface area contributed by atoms with Gasteiger partial charge in [-0.05, 0) is 42.6 Å². The maximum atomic E-state index is 12.3. The Bertz CT molecular complexity index is 748. The van der Waals surface area contributed by atoms with Gasteiger partial charge in [0.05, 0.1) is 22.4 Å². The molecule has 2 aromatic rings. The quantitative estimate of drug-likeness (QED) is 0.776. The van der Waals surface area contributed by atoms with Gasteiger partial charge in [0.15, 0.2) is 0 Å². The Morgan fingerprint density at radius 1 is 1.48 bits per heavy atom. The zero-order valence-electron chi connectivity index (χ0n) is 11.9. The minimum absolute atomic E-state index is 0.106. The number of aromatic nitrogens is 4. The van der Waals surface area contributed by atoms with Crippen LogP contribution in [0.1, 0.15) is 42.9 Å². The van der Waals surface area contributed by atoms with Crippen LogP contribution in [0.25, 0.3) is 0 Å². The highest BCUT2D eigenvalue weighted by molar-refractivity contribution is 9.10. The summed E-state index contributed by atoms with van der Waals surface area (Å²) in [7, 11) is 0. The SMILES string of the molecule is CCn1nc(C)c(Br)c1Cn1c(C2CC2)nc(Cl)cc1=O. The van der Waals surface area contributed by atoms with Crippen LogP contribution in [0, 0.1) is 6.92 Å². The van der Waals surface area contributed by atoms with Crippen LogP contribution >= 0.6 is 27.5 Å². The molecule has 2 heterocycles. The van der Waals surface area contributed by atoms with Crippen LogP contribution in [0.2, 0.25) is 5.15 Å². The molecule has 0 aliphatic heterocycles. The molecule has 5 nitrogen and oxygen atoms in total. The average molecular weight is 372 g/mol. The molecule has 7 heteroatoms. The lowest BCUT2D eigenvalue weighted by Gasteiger charge is -2.13. The van der Waals surface area contributed by atoms with E-state index in [0.717, 1.165) is 41.1 Å². The molecule has 3 rings (SSSR count). The Balaban J connectivity index is 2.08. The van der Waals surface area contributed by atoms with Gasteiger partial charge in [0.1, 0.15) is 11.0 Å². The Morgan fingerprint density at radius 3 is 2.81 bits per heavy atom. The Hall–Kier alpha value is -1.14. The maximum Gasteiger partial charge on any atom is 0.255 e. The standard InChI is InChI=1S/C14H16BrClN4O/c1-3-20-10(13(15)8(2)18-20)7-19-12(21)6-11(16)17-14(19)9-4-5-9/h6,9H,3-5,7H2,1-2H3. The van der Waals surface area contributed by atoms with E-state index in [1.165, 1.54) is 6.07 Å². The molecular formula is C14H16BrClN4O. The van der Waals surface area contributed by atoms with Gasteiger partial charge in [-0.3, -0.25) is 14.0 Å². The summed E-state index contributed by atoms with van der Waals surface area (Å²) >= 11 is 9.51. The highest BCUT2D eigenvalue weighted by atomic mass is 79.9. The highest BCUT2D eigenvalue weighted by Gasteiger charge is 2.29. The number of hydrogen-bond acceptors (Lipinski definition) is 3. The normalized spacial score (nSPS) is 14.7. The van der Waals surface area contributed by atoms with Crippen LogP contribution in [-0.4, -0.2) is 19.3 Å². The van der Waals surface area contributed by atoms with E-state index in [0.29, 0.717) is 12.5 Å². The zero-order valence-corrected chi connectivity index (χ0v) is 14.3. The van der Waals surface area contributed by atoms with Gasteiger partial charge in [-0.15, -0.1) is 0 Å². The number of nitrogens with zero attached hydrogens (tertiary/aromatic N) is 4. The molecule has 0 aromatic carbocycles. The molecule has 1 aliphatic carbocycles. The van der Waals surface area contributed by atoms with Crippen molar-refractivity contribution >= 4 is 27.5 Å². The van der Waals surface area contributed by atoms with Crippen LogP contribution in [0.4, 0.5) is 0 Å². The van der Waals surface area contributed by atoms with Gasteiger partial charge < -0.3 is 0 Å². The topological polar surface area (TPSA) is 52.7 Å². The molecule has 1 aliphatic rings. The van der Waals surface area contributed by atoms with Crippen LogP contribution in [0.3, 0.4) is 0 Å². The lowest BCUT2D eigenvalue weighted by molar-refractivity contribution is 0.573. The molecule has 2 aromatic heterocycles. The van der Waals surface area contributed by atoms with Crippen LogP contribution in [0.15, 0.2) is 15.3 Å². The third-order valence-electron chi connectivity index (χ3n) is 3.71. The van der Waals surface area contributed by atoms with E-state index in [1.54, 1.807) is 4.57 Å². The fourth-order valence-corrected chi connectivity index (χ4v) is 3.07. The van der Waals surface area contributed by atoms with E-state index in [9.17, 15) is 4.79 Å². The number of aryl methyl sites for hydroxylation is 2. The summed E-state index contributed by atoms with van der Waals surface area (Å²) in [6.07, 6.45) is 2.14. The first-order valence-electron chi connectivity index (χ1n) is 7.00. The summed E-state index contributed by atoms with van der Waals surface area (Å²) in [6, 6.07) is 1.38. The van der Waals surface area contributed by atoms with Crippen molar-refractivity contribution in [2.75, 3.05) is 0 Å². The lowest BCUT2D eigenvalue weighted by atomic mass is 10.3. The van der Waals surface area contributed by atoms with Crippen molar-refractivity contribution in [2.45, 2.75) is 45.7 Å². The molecule has 0 atom stereocenters. The summed E-state index contributed by atoms with van der Waals surface area (Å²) in [5.41, 5.74) is 1.81. The van der Waals surface area contributed by atoms with Gasteiger partial charge in [-0.25, -0.2) is 4.98 Å². The second-order valence-corrected chi connectivity index (χ2v) is 6.48. The third-order valence-corrected chi connectivity index (χ3v) is 4.93. The van der Waals surface area contributed by atoms with Crippen molar-refractivity contribution in [3.05, 3.63) is 43.3 Å². The molecule has 0 radical (unpaired) electrons. The first-order chi connectivity index (χ1) is 10.0. The molecule has 0 amide bonds.